The molecule has 7 nitrogen and oxygen atoms in total. The second kappa shape index (κ2) is 5.37. The number of nitrogens with one attached hydrogen (secondary N) is 1. The molecule has 0 bridgehead atoms. The van der Waals surface area contributed by atoms with Gasteiger partial charge in [0.15, 0.2) is 10.0 Å². The molecule has 21 heavy (non-hydrogen) atoms. The summed E-state index contributed by atoms with van der Waals surface area (Å²) in [6.45, 7) is 3.46. The molecule has 0 fully saturated rings. The average Bonchev–Trinajstić information content (AvgIpc) is 2.66. The summed E-state index contributed by atoms with van der Waals surface area (Å²) >= 11 is 1.09. The molecule has 0 radical (unpaired) electrons. The molecular formula is C11H10FN3O4S2. The van der Waals surface area contributed by atoms with E-state index in [1.807, 2.05) is 0 Å². The van der Waals surface area contributed by atoms with Gasteiger partial charge in [-0.15, -0.1) is 11.3 Å². The molecule has 2 aromatic rings. The molecule has 0 saturated heterocycles. The zero-order chi connectivity index (χ0) is 15.8. The van der Waals surface area contributed by atoms with Crippen LogP contribution in [0.2, 0.25) is 0 Å². The van der Waals surface area contributed by atoms with E-state index in [1.54, 1.807) is 13.8 Å². The highest BCUT2D eigenvalue weighted by atomic mass is 32.2. The Morgan fingerprint density at radius 3 is 2.57 bits per heavy atom. The fourth-order valence-corrected chi connectivity index (χ4v) is 3.81. The van der Waals surface area contributed by atoms with Gasteiger partial charge in [-0.2, -0.15) is 4.39 Å². The van der Waals surface area contributed by atoms with E-state index in [-0.39, 0.29) is 5.13 Å². The van der Waals surface area contributed by atoms with E-state index in [0.717, 1.165) is 34.4 Å². The van der Waals surface area contributed by atoms with Crippen molar-refractivity contribution in [3.8, 4) is 0 Å². The van der Waals surface area contributed by atoms with E-state index in [4.69, 9.17) is 0 Å². The zero-order valence-electron chi connectivity index (χ0n) is 11.0. The molecule has 0 atom stereocenters. The average molecular weight is 331 g/mol. The van der Waals surface area contributed by atoms with Gasteiger partial charge < -0.3 is 0 Å². The second-order valence-electron chi connectivity index (χ2n) is 4.11. The molecule has 0 aliphatic heterocycles. The highest BCUT2D eigenvalue weighted by Crippen LogP contribution is 2.30. The number of anilines is 1. The van der Waals surface area contributed by atoms with Crippen LogP contribution in [-0.2, 0) is 10.0 Å². The maximum absolute atomic E-state index is 13.5. The molecular weight excluding hydrogens is 321 g/mol. The van der Waals surface area contributed by atoms with Crippen molar-refractivity contribution < 1.29 is 17.7 Å². The SMILES string of the molecule is Cc1nc(NS(=O)(=O)c2cccc(F)c2[N+](=O)[O-])sc1C. The summed E-state index contributed by atoms with van der Waals surface area (Å²) in [5, 5.41) is 10.9. The van der Waals surface area contributed by atoms with Gasteiger partial charge in [0.1, 0.15) is 0 Å². The lowest BCUT2D eigenvalue weighted by Gasteiger charge is -2.06. The van der Waals surface area contributed by atoms with Crippen molar-refractivity contribution >= 4 is 32.2 Å². The number of nitro benzene ring substituents is 1. The number of aryl methyl sites for hydroxylation is 2. The van der Waals surface area contributed by atoms with Gasteiger partial charge in [-0.3, -0.25) is 14.8 Å². The zero-order valence-corrected chi connectivity index (χ0v) is 12.6. The Kier molecular flexibility index (Phi) is 3.92. The minimum Gasteiger partial charge on any atom is -0.258 e. The molecule has 1 heterocycles. The Balaban J connectivity index is 2.50. The van der Waals surface area contributed by atoms with Crippen LogP contribution in [-0.4, -0.2) is 18.3 Å². The van der Waals surface area contributed by atoms with Gasteiger partial charge in [-0.25, -0.2) is 13.4 Å². The Morgan fingerprint density at radius 1 is 1.38 bits per heavy atom. The Bertz CT molecular complexity index is 797. The van der Waals surface area contributed by atoms with Crippen molar-refractivity contribution in [1.29, 1.82) is 0 Å². The van der Waals surface area contributed by atoms with Crippen LogP contribution in [0.5, 0.6) is 0 Å². The number of sulfonamides is 1. The first-order chi connectivity index (χ1) is 9.72. The van der Waals surface area contributed by atoms with Crippen LogP contribution >= 0.6 is 11.3 Å². The number of thiazole rings is 1. The summed E-state index contributed by atoms with van der Waals surface area (Å²) < 4.78 is 40.0. The molecule has 0 amide bonds. The van der Waals surface area contributed by atoms with Crippen molar-refractivity contribution in [3.05, 3.63) is 44.7 Å². The molecule has 2 rings (SSSR count). The standard InChI is InChI=1S/C11H10FN3O4S2/c1-6-7(2)20-11(13-6)14-21(18,19)9-5-3-4-8(12)10(9)15(16)17/h3-5H,1-2H3,(H,13,14). The number of halogens is 1. The minimum atomic E-state index is -4.30. The predicted molar refractivity (Wildman–Crippen MR) is 75.5 cm³/mol. The van der Waals surface area contributed by atoms with Crippen LogP contribution in [0.1, 0.15) is 10.6 Å². The van der Waals surface area contributed by atoms with Gasteiger partial charge in [0.2, 0.25) is 5.82 Å². The summed E-state index contributed by atoms with van der Waals surface area (Å²) in [7, 11) is -4.30. The molecule has 0 saturated carbocycles. The number of nitro groups is 1. The summed E-state index contributed by atoms with van der Waals surface area (Å²) in [5.41, 5.74) is -0.443. The minimum absolute atomic E-state index is 0.0727. The Morgan fingerprint density at radius 2 is 2.05 bits per heavy atom. The number of benzene rings is 1. The first-order valence-electron chi connectivity index (χ1n) is 5.62. The maximum Gasteiger partial charge on any atom is 0.325 e. The number of hydrogen-bond acceptors (Lipinski definition) is 6. The molecule has 112 valence electrons. The van der Waals surface area contributed by atoms with E-state index in [9.17, 15) is 22.9 Å². The van der Waals surface area contributed by atoms with Gasteiger partial charge in [0, 0.05) is 4.88 Å². The number of aromatic nitrogens is 1. The van der Waals surface area contributed by atoms with Crippen LogP contribution in [0, 0.1) is 29.8 Å². The number of rotatable bonds is 4. The summed E-state index contributed by atoms with van der Waals surface area (Å²) in [6, 6.07) is 2.89. The van der Waals surface area contributed by atoms with Crippen LogP contribution < -0.4 is 4.72 Å². The third kappa shape index (κ3) is 3.00. The molecule has 0 unspecified atom stereocenters. The predicted octanol–water partition coefficient (Wildman–Crippen LogP) is 2.61. The van der Waals surface area contributed by atoms with E-state index in [2.05, 4.69) is 9.71 Å². The molecule has 1 N–H and O–H groups in total. The molecule has 0 aliphatic carbocycles. The maximum atomic E-state index is 13.5. The largest absolute Gasteiger partial charge is 0.325 e. The van der Waals surface area contributed by atoms with E-state index < -0.39 is 31.3 Å². The van der Waals surface area contributed by atoms with Gasteiger partial charge in [0.25, 0.3) is 10.0 Å². The monoisotopic (exact) mass is 331 g/mol. The first-order valence-corrected chi connectivity index (χ1v) is 7.92. The van der Waals surface area contributed by atoms with Crippen LogP contribution in [0.4, 0.5) is 15.2 Å². The quantitative estimate of drug-likeness (QED) is 0.685. The molecule has 1 aromatic carbocycles. The topological polar surface area (TPSA) is 102 Å². The second-order valence-corrected chi connectivity index (χ2v) is 6.96. The fourth-order valence-electron chi connectivity index (χ4n) is 1.58. The van der Waals surface area contributed by atoms with Gasteiger partial charge in [-0.1, -0.05) is 6.07 Å². The van der Waals surface area contributed by atoms with E-state index in [0.29, 0.717) is 5.69 Å². The first kappa shape index (κ1) is 15.3. The van der Waals surface area contributed by atoms with Crippen LogP contribution in [0.3, 0.4) is 0 Å². The number of nitrogens with zero attached hydrogens (tertiary/aromatic N) is 2. The number of para-hydroxylation sites is 1. The van der Waals surface area contributed by atoms with Gasteiger partial charge in [-0.05, 0) is 26.0 Å². The highest BCUT2D eigenvalue weighted by molar-refractivity contribution is 7.93. The normalized spacial score (nSPS) is 11.4. The van der Waals surface area contributed by atoms with E-state index >= 15 is 0 Å². The van der Waals surface area contributed by atoms with Gasteiger partial charge in [0.05, 0.1) is 10.6 Å². The molecule has 10 heteroatoms. The van der Waals surface area contributed by atoms with Crippen molar-refractivity contribution in [1.82, 2.24) is 4.98 Å². The Labute approximate surface area is 123 Å². The lowest BCUT2D eigenvalue weighted by molar-refractivity contribution is -0.390. The van der Waals surface area contributed by atoms with Crippen molar-refractivity contribution in [2.24, 2.45) is 0 Å². The third-order valence-corrected chi connectivity index (χ3v) is 5.16. The summed E-state index contributed by atoms with van der Waals surface area (Å²) in [6.07, 6.45) is 0. The fraction of sp³-hybridized carbons (Fsp3) is 0.182. The molecule has 1 aromatic heterocycles. The van der Waals surface area contributed by atoms with E-state index in [1.165, 1.54) is 0 Å². The third-order valence-electron chi connectivity index (χ3n) is 2.67. The van der Waals surface area contributed by atoms with Gasteiger partial charge >= 0.3 is 5.69 Å². The van der Waals surface area contributed by atoms with Crippen LogP contribution in [0.15, 0.2) is 23.1 Å². The van der Waals surface area contributed by atoms with Crippen molar-refractivity contribution in [2.75, 3.05) is 4.72 Å². The smallest absolute Gasteiger partial charge is 0.258 e. The highest BCUT2D eigenvalue weighted by Gasteiger charge is 2.30. The van der Waals surface area contributed by atoms with Crippen LogP contribution in [0.25, 0.3) is 0 Å². The Hall–Kier alpha value is -2.07. The lowest BCUT2D eigenvalue weighted by atomic mass is 10.3. The summed E-state index contributed by atoms with van der Waals surface area (Å²) in [5.74, 6) is -1.21. The number of hydrogen-bond donors (Lipinski definition) is 1. The van der Waals surface area contributed by atoms with Crippen molar-refractivity contribution in [2.45, 2.75) is 18.7 Å². The lowest BCUT2D eigenvalue weighted by Crippen LogP contribution is -2.15. The van der Waals surface area contributed by atoms with Crippen molar-refractivity contribution in [3.63, 3.8) is 0 Å². The molecule has 0 spiro atoms. The molecule has 0 aliphatic rings. The summed E-state index contributed by atoms with van der Waals surface area (Å²) in [4.78, 5) is 13.8.